The molecule has 9 nitrogen and oxygen atoms in total. The molecule has 1 heterocycles. The number of nitrogens with one attached hydrogen (secondary N) is 1. The molecule has 0 aliphatic heterocycles. The predicted octanol–water partition coefficient (Wildman–Crippen LogP) is 11.1. The Kier molecular flexibility index (Phi) is 15.0. The molecule has 3 aliphatic carbocycles. The number of nitrogens with zero attached hydrogens (tertiary/aromatic N) is 2. The number of carbonyl (C=O) groups excluding carboxylic acids is 3. The number of alkyl halides is 3. The van der Waals surface area contributed by atoms with Crippen LogP contribution in [-0.4, -0.2) is 61.4 Å². The van der Waals surface area contributed by atoms with Crippen LogP contribution in [0.5, 0.6) is 11.5 Å². The Bertz CT molecular complexity index is 2320. The molecular weight excluding hydrogens is 911 g/mol. The third-order valence-corrected chi connectivity index (χ3v) is 14.3. The molecule has 1 fully saturated rings. The maximum absolute atomic E-state index is 14.5. The second-order valence-electron chi connectivity index (χ2n) is 17.8. The first-order valence-corrected chi connectivity index (χ1v) is 23.4. The number of carbonyl (C=O) groups is 3. The van der Waals surface area contributed by atoms with Crippen molar-refractivity contribution in [1.82, 2.24) is 10.3 Å². The number of anilines is 1. The molecule has 1 N–H and O–H groups in total. The first kappa shape index (κ1) is 47.3. The smallest absolute Gasteiger partial charge is 0.471 e. The minimum absolute atomic E-state index is 0.0379. The fourth-order valence-corrected chi connectivity index (χ4v) is 11.1. The molecule has 2 amide bonds. The molecule has 1 saturated carbocycles. The average molecular weight is 967 g/mol. The van der Waals surface area contributed by atoms with Crippen LogP contribution in [0.2, 0.25) is 5.02 Å². The number of benzene rings is 3. The van der Waals surface area contributed by atoms with Crippen molar-refractivity contribution in [2.75, 3.05) is 31.8 Å². The van der Waals surface area contributed by atoms with Crippen LogP contribution >= 0.6 is 27.5 Å². The molecule has 14 heteroatoms. The Balaban J connectivity index is 1.11. The van der Waals surface area contributed by atoms with E-state index in [0.29, 0.717) is 68.4 Å². The van der Waals surface area contributed by atoms with E-state index in [-0.39, 0.29) is 41.3 Å². The molecule has 342 valence electrons. The molecule has 0 radical (unpaired) electrons. The van der Waals surface area contributed by atoms with Gasteiger partial charge in [-0.2, -0.15) is 13.2 Å². The van der Waals surface area contributed by atoms with Crippen LogP contribution in [0.25, 0.3) is 0 Å². The number of fused-ring (bicyclic) bond motifs is 3. The Hall–Kier alpha value is -4.62. The maximum Gasteiger partial charge on any atom is 0.471 e. The normalized spacial score (nSPS) is 21.9. The third kappa shape index (κ3) is 10.4. The van der Waals surface area contributed by atoms with E-state index in [0.717, 1.165) is 71.8 Å². The number of hydrogen-bond donors (Lipinski definition) is 1. The standard InChI is InChI=1S/C50H56BrClF3N3O6/c1-32(31-64-43-18-24-56-42-13-4-8-33(2)45(42)43)26-36-28-35-15-16-40(63-25-7-14-44(59)57-23-17-34-9-5-10-37(51)27-34)30-41(35)48(36)19-21-49(22-20-48,47(61)62-3)58(46(60)50(53,54)55)39-12-6-11-38(52)29-39/h5-6,9-12,15-16,18,24,27,29-30,32-33,36H,4,7-8,13-14,17,19-23,25-26,28,31H2,1-3H3,(H,57,59)/t32-,33-,36+,48?,49?/m1/s1. The van der Waals surface area contributed by atoms with E-state index in [4.69, 9.17) is 25.8 Å². The van der Waals surface area contributed by atoms with Crippen LogP contribution in [0, 0.1) is 11.8 Å². The summed E-state index contributed by atoms with van der Waals surface area (Å²) in [5, 5.41) is 3.11. The number of methoxy groups -OCH3 is 1. The van der Waals surface area contributed by atoms with Crippen LogP contribution < -0.4 is 19.7 Å². The topological polar surface area (TPSA) is 107 Å². The number of aromatic nitrogens is 1. The van der Waals surface area contributed by atoms with Crippen molar-refractivity contribution in [2.24, 2.45) is 11.8 Å². The molecule has 3 aliphatic rings. The summed E-state index contributed by atoms with van der Waals surface area (Å²) >= 11 is 9.75. The maximum atomic E-state index is 14.5. The van der Waals surface area contributed by atoms with Gasteiger partial charge in [-0.25, -0.2) is 4.79 Å². The number of hydrogen-bond acceptors (Lipinski definition) is 7. The van der Waals surface area contributed by atoms with Crippen molar-refractivity contribution in [3.05, 3.63) is 116 Å². The quantitative estimate of drug-likeness (QED) is 0.0880. The predicted molar refractivity (Wildman–Crippen MR) is 244 cm³/mol. The Morgan fingerprint density at radius 1 is 1.02 bits per heavy atom. The van der Waals surface area contributed by atoms with Crippen molar-refractivity contribution in [2.45, 2.75) is 114 Å². The molecular formula is C50H56BrClF3N3O6. The summed E-state index contributed by atoms with van der Waals surface area (Å²) in [6.45, 7) is 5.67. The van der Waals surface area contributed by atoms with E-state index in [1.165, 1.54) is 29.8 Å². The van der Waals surface area contributed by atoms with Gasteiger partial charge in [0.15, 0.2) is 0 Å². The largest absolute Gasteiger partial charge is 0.494 e. The minimum atomic E-state index is -5.28. The highest BCUT2D eigenvalue weighted by molar-refractivity contribution is 9.10. The van der Waals surface area contributed by atoms with Crippen LogP contribution in [-0.2, 0) is 43.8 Å². The summed E-state index contributed by atoms with van der Waals surface area (Å²) in [5.41, 5.74) is 2.87. The molecule has 3 aromatic carbocycles. The van der Waals surface area contributed by atoms with E-state index in [9.17, 15) is 27.6 Å². The van der Waals surface area contributed by atoms with Gasteiger partial charge in [-0.05, 0) is 159 Å². The van der Waals surface area contributed by atoms with E-state index < -0.39 is 29.0 Å². The second kappa shape index (κ2) is 20.3. The van der Waals surface area contributed by atoms with Gasteiger partial charge in [-0.3, -0.25) is 19.5 Å². The number of amides is 2. The summed E-state index contributed by atoms with van der Waals surface area (Å²) in [5.74, 6) is -1.16. The SMILES string of the molecule is COC(=O)C1(N(C(=O)C(F)(F)F)c2cccc(Cl)c2)CCC2(CC1)c1cc(OCCCC(=O)NCCc3cccc(Br)c3)ccc1C[C@@H]2C[C@@H](C)COc1ccnc2c1[C@H](C)CCC2. The number of esters is 1. The Labute approximate surface area is 386 Å². The fraction of sp³-hybridized carbons (Fsp3) is 0.480. The zero-order valence-electron chi connectivity index (χ0n) is 36.6. The zero-order chi connectivity index (χ0) is 45.6. The molecule has 0 saturated heterocycles. The number of pyridine rings is 1. The minimum Gasteiger partial charge on any atom is -0.494 e. The third-order valence-electron chi connectivity index (χ3n) is 13.6. The average Bonchev–Trinajstić information content (AvgIpc) is 3.55. The molecule has 1 spiro atoms. The zero-order valence-corrected chi connectivity index (χ0v) is 38.9. The summed E-state index contributed by atoms with van der Waals surface area (Å²) in [7, 11) is 1.13. The van der Waals surface area contributed by atoms with Crippen molar-refractivity contribution >= 4 is 51.0 Å². The lowest BCUT2D eigenvalue weighted by atomic mass is 9.59. The molecule has 1 aromatic heterocycles. The van der Waals surface area contributed by atoms with Gasteiger partial charge in [0.2, 0.25) is 5.91 Å². The number of ether oxygens (including phenoxy) is 3. The Morgan fingerprint density at radius 2 is 1.80 bits per heavy atom. The highest BCUT2D eigenvalue weighted by atomic mass is 79.9. The highest BCUT2D eigenvalue weighted by Crippen LogP contribution is 2.58. The van der Waals surface area contributed by atoms with Gasteiger partial charge in [-0.15, -0.1) is 0 Å². The van der Waals surface area contributed by atoms with Crippen LogP contribution in [0.1, 0.15) is 106 Å². The Morgan fingerprint density at radius 3 is 2.53 bits per heavy atom. The number of aryl methyl sites for hydroxylation is 1. The lowest BCUT2D eigenvalue weighted by Crippen LogP contribution is -2.63. The summed E-state index contributed by atoms with van der Waals surface area (Å²) in [4.78, 5) is 45.3. The van der Waals surface area contributed by atoms with E-state index in [2.05, 4.69) is 46.1 Å². The highest BCUT2D eigenvalue weighted by Gasteiger charge is 2.60. The first-order valence-electron chi connectivity index (χ1n) is 22.3. The van der Waals surface area contributed by atoms with Crippen LogP contribution in [0.3, 0.4) is 0 Å². The van der Waals surface area contributed by atoms with Gasteiger partial charge < -0.3 is 19.5 Å². The monoisotopic (exact) mass is 965 g/mol. The van der Waals surface area contributed by atoms with Gasteiger partial charge in [0.25, 0.3) is 0 Å². The number of halogens is 5. The lowest BCUT2D eigenvalue weighted by molar-refractivity contribution is -0.174. The van der Waals surface area contributed by atoms with Crippen molar-refractivity contribution in [3.8, 4) is 11.5 Å². The van der Waals surface area contributed by atoms with Gasteiger partial charge in [0.1, 0.15) is 17.0 Å². The van der Waals surface area contributed by atoms with Gasteiger partial charge in [0.05, 0.1) is 20.3 Å². The van der Waals surface area contributed by atoms with Crippen LogP contribution in [0.15, 0.2) is 83.5 Å². The van der Waals surface area contributed by atoms with Crippen molar-refractivity contribution < 1.29 is 41.8 Å². The molecule has 3 atom stereocenters. The summed E-state index contributed by atoms with van der Waals surface area (Å²) < 4.78 is 62.6. The van der Waals surface area contributed by atoms with Gasteiger partial charge in [0, 0.05) is 45.6 Å². The van der Waals surface area contributed by atoms with Gasteiger partial charge >= 0.3 is 18.1 Å². The summed E-state index contributed by atoms with van der Waals surface area (Å²) in [6.07, 6.45) is 3.04. The van der Waals surface area contributed by atoms with Crippen molar-refractivity contribution in [3.63, 3.8) is 0 Å². The molecule has 4 aromatic rings. The molecule has 64 heavy (non-hydrogen) atoms. The lowest BCUT2D eigenvalue weighted by Gasteiger charge is -2.51. The van der Waals surface area contributed by atoms with Crippen molar-refractivity contribution in [1.29, 1.82) is 0 Å². The second-order valence-corrected chi connectivity index (χ2v) is 19.2. The molecule has 0 unspecified atom stereocenters. The number of rotatable bonds is 16. The molecule has 7 rings (SSSR count). The summed E-state index contributed by atoms with van der Waals surface area (Å²) in [6, 6.07) is 21.5. The van der Waals surface area contributed by atoms with Gasteiger partial charge in [-0.1, -0.05) is 65.6 Å². The first-order chi connectivity index (χ1) is 30.6. The van der Waals surface area contributed by atoms with E-state index in [1.54, 1.807) is 0 Å². The van der Waals surface area contributed by atoms with Crippen LogP contribution in [0.4, 0.5) is 18.9 Å². The van der Waals surface area contributed by atoms with E-state index >= 15 is 0 Å². The fourth-order valence-electron chi connectivity index (χ4n) is 10.5. The van der Waals surface area contributed by atoms with E-state index in [1.807, 2.05) is 48.7 Å². The molecule has 0 bridgehead atoms.